The van der Waals surface area contributed by atoms with Crippen LogP contribution in [0.1, 0.15) is 24.8 Å². The third kappa shape index (κ3) is 2.71. The molecule has 0 atom stereocenters. The van der Waals surface area contributed by atoms with Crippen LogP contribution >= 0.6 is 0 Å². The van der Waals surface area contributed by atoms with Crippen molar-refractivity contribution in [1.29, 1.82) is 0 Å². The normalized spacial score (nSPS) is 18.4. The van der Waals surface area contributed by atoms with Gasteiger partial charge in [0.25, 0.3) is 0 Å². The van der Waals surface area contributed by atoms with Crippen LogP contribution in [0.15, 0.2) is 23.1 Å². The minimum Gasteiger partial charge on any atom is -0.324 e. The summed E-state index contributed by atoms with van der Waals surface area (Å²) in [6.07, 6.45) is 2.61. The van der Waals surface area contributed by atoms with Gasteiger partial charge in [0.2, 0.25) is 10.0 Å². The first kappa shape index (κ1) is 13.5. The molecule has 0 heterocycles. The van der Waals surface area contributed by atoms with E-state index < -0.39 is 21.4 Å². The zero-order valence-corrected chi connectivity index (χ0v) is 11.1. The number of sulfonamides is 1. The minimum atomic E-state index is -3.83. The van der Waals surface area contributed by atoms with Crippen LogP contribution in [0.5, 0.6) is 0 Å². The highest BCUT2D eigenvalue weighted by Gasteiger charge is 2.34. The maximum Gasteiger partial charge on any atom is 0.243 e. The Bertz CT molecular complexity index is 553. The molecule has 18 heavy (non-hydrogen) atoms. The van der Waals surface area contributed by atoms with Crippen molar-refractivity contribution in [1.82, 2.24) is 4.72 Å². The monoisotopic (exact) mass is 272 g/mol. The fourth-order valence-corrected chi connectivity index (χ4v) is 3.24. The van der Waals surface area contributed by atoms with E-state index in [1.54, 1.807) is 6.92 Å². The summed E-state index contributed by atoms with van der Waals surface area (Å²) in [7, 11) is -3.83. The Labute approximate surface area is 106 Å². The molecule has 100 valence electrons. The van der Waals surface area contributed by atoms with Gasteiger partial charge in [-0.15, -0.1) is 0 Å². The summed E-state index contributed by atoms with van der Waals surface area (Å²) in [4.78, 5) is -0.314. The van der Waals surface area contributed by atoms with Gasteiger partial charge in [-0.1, -0.05) is 6.07 Å². The Hall–Kier alpha value is -0.980. The number of hydrogen-bond acceptors (Lipinski definition) is 3. The molecule has 0 bridgehead atoms. The van der Waals surface area contributed by atoms with Crippen molar-refractivity contribution in [2.45, 2.75) is 36.6 Å². The van der Waals surface area contributed by atoms with Crippen LogP contribution < -0.4 is 10.5 Å². The van der Waals surface area contributed by atoms with E-state index >= 15 is 0 Å². The lowest BCUT2D eigenvalue weighted by Crippen LogP contribution is -2.54. The summed E-state index contributed by atoms with van der Waals surface area (Å²) in [6, 6.07) is 4.01. The summed E-state index contributed by atoms with van der Waals surface area (Å²) in [6.45, 7) is 1.87. The molecule has 2 rings (SSSR count). The number of benzene rings is 1. The quantitative estimate of drug-likeness (QED) is 0.867. The highest BCUT2D eigenvalue weighted by Crippen LogP contribution is 2.28. The Morgan fingerprint density at radius 1 is 1.44 bits per heavy atom. The van der Waals surface area contributed by atoms with Crippen LogP contribution in [0.25, 0.3) is 0 Å². The number of nitrogens with one attached hydrogen (secondary N) is 1. The predicted molar refractivity (Wildman–Crippen MR) is 67.1 cm³/mol. The number of hydrogen-bond donors (Lipinski definition) is 2. The minimum absolute atomic E-state index is 0.155. The van der Waals surface area contributed by atoms with Crippen LogP contribution in [0, 0.1) is 12.7 Å². The molecule has 1 aromatic carbocycles. The molecule has 1 aliphatic carbocycles. The van der Waals surface area contributed by atoms with Crippen LogP contribution in [-0.4, -0.2) is 20.5 Å². The molecule has 0 unspecified atom stereocenters. The number of halogens is 1. The topological polar surface area (TPSA) is 72.2 Å². The van der Waals surface area contributed by atoms with Gasteiger partial charge in [0.15, 0.2) is 0 Å². The molecule has 0 aliphatic heterocycles. The molecule has 0 amide bonds. The van der Waals surface area contributed by atoms with Gasteiger partial charge in [0.1, 0.15) is 10.7 Å². The molecule has 0 saturated heterocycles. The molecule has 1 aromatic rings. The third-order valence-electron chi connectivity index (χ3n) is 3.34. The first-order chi connectivity index (χ1) is 8.32. The van der Waals surface area contributed by atoms with Crippen molar-refractivity contribution in [2.24, 2.45) is 5.73 Å². The molecular formula is C12H17FN2O2S. The predicted octanol–water partition coefficient (Wildman–Crippen LogP) is 1.29. The lowest BCUT2D eigenvalue weighted by atomic mass is 9.78. The van der Waals surface area contributed by atoms with Gasteiger partial charge in [-0.2, -0.15) is 0 Å². The van der Waals surface area contributed by atoms with Crippen molar-refractivity contribution in [3.05, 3.63) is 29.6 Å². The fourth-order valence-electron chi connectivity index (χ4n) is 1.94. The second-order valence-corrected chi connectivity index (χ2v) is 6.71. The Kier molecular flexibility index (Phi) is 3.44. The van der Waals surface area contributed by atoms with Gasteiger partial charge in [-0.3, -0.25) is 0 Å². The molecule has 1 fully saturated rings. The summed E-state index contributed by atoms with van der Waals surface area (Å²) in [5, 5.41) is 0. The number of rotatable bonds is 4. The molecule has 0 radical (unpaired) electrons. The molecule has 1 aliphatic rings. The zero-order valence-electron chi connectivity index (χ0n) is 10.2. The molecule has 1 saturated carbocycles. The lowest BCUT2D eigenvalue weighted by molar-refractivity contribution is 0.251. The summed E-state index contributed by atoms with van der Waals surface area (Å²) in [5.41, 5.74) is 6.17. The summed E-state index contributed by atoms with van der Waals surface area (Å²) >= 11 is 0. The standard InChI is InChI=1S/C12H17FN2O2S/c1-9-3-4-10(13)11(7-9)18(16,17)15-8-12(14)5-2-6-12/h3-4,7,15H,2,5-6,8,14H2,1H3. The third-order valence-corrected chi connectivity index (χ3v) is 4.76. The summed E-state index contributed by atoms with van der Waals surface area (Å²) in [5.74, 6) is -0.743. The molecule has 4 nitrogen and oxygen atoms in total. The van der Waals surface area contributed by atoms with Gasteiger partial charge in [-0.05, 0) is 43.9 Å². The van der Waals surface area contributed by atoms with E-state index in [-0.39, 0.29) is 11.4 Å². The maximum atomic E-state index is 13.5. The maximum absolute atomic E-state index is 13.5. The average molecular weight is 272 g/mol. The van der Waals surface area contributed by atoms with E-state index in [2.05, 4.69) is 4.72 Å². The molecule has 3 N–H and O–H groups in total. The van der Waals surface area contributed by atoms with E-state index in [1.165, 1.54) is 12.1 Å². The van der Waals surface area contributed by atoms with Gasteiger partial charge in [0.05, 0.1) is 0 Å². The van der Waals surface area contributed by atoms with Crippen molar-refractivity contribution >= 4 is 10.0 Å². The second-order valence-electron chi connectivity index (χ2n) is 4.97. The average Bonchev–Trinajstić information content (AvgIpc) is 2.27. The smallest absolute Gasteiger partial charge is 0.243 e. The fraction of sp³-hybridized carbons (Fsp3) is 0.500. The van der Waals surface area contributed by atoms with Gasteiger partial charge < -0.3 is 5.73 Å². The van der Waals surface area contributed by atoms with Crippen molar-refractivity contribution in [2.75, 3.05) is 6.54 Å². The first-order valence-electron chi connectivity index (χ1n) is 5.87. The SMILES string of the molecule is Cc1ccc(F)c(S(=O)(=O)NCC2(N)CCC2)c1. The van der Waals surface area contributed by atoms with E-state index in [1.807, 2.05) is 0 Å². The first-order valence-corrected chi connectivity index (χ1v) is 7.35. The van der Waals surface area contributed by atoms with E-state index in [0.29, 0.717) is 5.56 Å². The van der Waals surface area contributed by atoms with E-state index in [0.717, 1.165) is 25.3 Å². The lowest BCUT2D eigenvalue weighted by Gasteiger charge is -2.38. The zero-order chi connectivity index (χ0) is 13.4. The highest BCUT2D eigenvalue weighted by molar-refractivity contribution is 7.89. The molecule has 0 spiro atoms. The van der Waals surface area contributed by atoms with Crippen molar-refractivity contribution in [3.8, 4) is 0 Å². The van der Waals surface area contributed by atoms with Gasteiger partial charge in [0, 0.05) is 12.1 Å². The highest BCUT2D eigenvalue weighted by atomic mass is 32.2. The van der Waals surface area contributed by atoms with Gasteiger partial charge >= 0.3 is 0 Å². The molecule has 6 heteroatoms. The Balaban J connectivity index is 2.17. The van der Waals surface area contributed by atoms with Crippen LogP contribution in [0.2, 0.25) is 0 Å². The van der Waals surface area contributed by atoms with Crippen LogP contribution in [0.3, 0.4) is 0 Å². The second kappa shape index (κ2) is 4.60. The Morgan fingerprint density at radius 2 is 2.11 bits per heavy atom. The molecular weight excluding hydrogens is 255 g/mol. The van der Waals surface area contributed by atoms with E-state index in [4.69, 9.17) is 5.73 Å². The Morgan fingerprint density at radius 3 is 2.67 bits per heavy atom. The van der Waals surface area contributed by atoms with Crippen molar-refractivity contribution in [3.63, 3.8) is 0 Å². The summed E-state index contributed by atoms with van der Waals surface area (Å²) < 4.78 is 39.9. The van der Waals surface area contributed by atoms with Crippen molar-refractivity contribution < 1.29 is 12.8 Å². The largest absolute Gasteiger partial charge is 0.324 e. The molecule has 0 aromatic heterocycles. The van der Waals surface area contributed by atoms with E-state index in [9.17, 15) is 12.8 Å². The number of aryl methyl sites for hydroxylation is 1. The van der Waals surface area contributed by atoms with Crippen LogP contribution in [-0.2, 0) is 10.0 Å². The number of nitrogens with two attached hydrogens (primary N) is 1. The van der Waals surface area contributed by atoms with Crippen LogP contribution in [0.4, 0.5) is 4.39 Å². The van der Waals surface area contributed by atoms with Gasteiger partial charge in [-0.25, -0.2) is 17.5 Å².